The van der Waals surface area contributed by atoms with Crippen molar-refractivity contribution in [2.75, 3.05) is 16.3 Å². The molecule has 0 saturated carbocycles. The monoisotopic (exact) mass is 354 g/mol. The summed E-state index contributed by atoms with van der Waals surface area (Å²) in [5, 5.41) is 0. The summed E-state index contributed by atoms with van der Waals surface area (Å²) in [7, 11) is 0. The summed E-state index contributed by atoms with van der Waals surface area (Å²) in [6, 6.07) is 7.06. The van der Waals surface area contributed by atoms with Crippen molar-refractivity contribution in [1.29, 1.82) is 0 Å². The van der Waals surface area contributed by atoms with Gasteiger partial charge in [-0.05, 0) is 18.6 Å². The van der Waals surface area contributed by atoms with E-state index in [-0.39, 0.29) is 0 Å². The molecular weight excluding hydrogens is 339 g/mol. The van der Waals surface area contributed by atoms with Gasteiger partial charge in [0.2, 0.25) is 12.5 Å². The minimum absolute atomic E-state index is 0.509. The number of rotatable bonds is 5. The van der Waals surface area contributed by atoms with Gasteiger partial charge in [0, 0.05) is 12.1 Å². The second-order valence-electron chi connectivity index (χ2n) is 5.73. The molecule has 0 fully saturated rings. The molecule has 7 heteroatoms. The standard InChI is InChI=1S/C18H15F5N2/c1-2-3-8-24-10-25(13-7-5-4-6-12(13)24)9-11-14(19)16(21)18(23)17(22)15(11)20/h4-7H,2-3,8-9H2,1H3. The first-order valence-electron chi connectivity index (χ1n) is 7.86. The lowest BCUT2D eigenvalue weighted by Crippen LogP contribution is -2.26. The van der Waals surface area contributed by atoms with Crippen LogP contribution in [0.1, 0.15) is 25.3 Å². The SMILES string of the molecule is CCCCN1[C]N(Cc2c(F)c(F)c(F)c(F)c2F)c2ccccc21. The third-order valence-corrected chi connectivity index (χ3v) is 4.06. The first-order chi connectivity index (χ1) is 12.0. The minimum Gasteiger partial charge on any atom is -0.340 e. The summed E-state index contributed by atoms with van der Waals surface area (Å²) in [4.78, 5) is 3.15. The molecule has 132 valence electrons. The first-order valence-corrected chi connectivity index (χ1v) is 7.86. The molecule has 0 amide bonds. The van der Waals surface area contributed by atoms with Gasteiger partial charge in [-0.15, -0.1) is 0 Å². The zero-order valence-corrected chi connectivity index (χ0v) is 13.4. The van der Waals surface area contributed by atoms with Crippen LogP contribution in [-0.2, 0) is 6.54 Å². The maximum Gasteiger partial charge on any atom is 0.209 e. The van der Waals surface area contributed by atoms with Gasteiger partial charge in [0.05, 0.1) is 17.9 Å². The Bertz CT molecular complexity index is 764. The lowest BCUT2D eigenvalue weighted by molar-refractivity contribution is 0.370. The number of benzene rings is 2. The Hall–Kier alpha value is -2.31. The van der Waals surface area contributed by atoms with E-state index in [1.165, 1.54) is 4.90 Å². The van der Waals surface area contributed by atoms with Crippen molar-refractivity contribution in [1.82, 2.24) is 0 Å². The summed E-state index contributed by atoms with van der Waals surface area (Å²) in [6.45, 7) is 5.10. The number of nitrogens with zero attached hydrogens (tertiary/aromatic N) is 2. The number of anilines is 2. The predicted octanol–water partition coefficient (Wildman–Crippen LogP) is 5.01. The fraction of sp³-hybridized carbons (Fsp3) is 0.278. The van der Waals surface area contributed by atoms with Crippen LogP contribution in [0.15, 0.2) is 24.3 Å². The lowest BCUT2D eigenvalue weighted by atomic mass is 10.1. The number of halogens is 5. The number of unbranched alkanes of at least 4 members (excludes halogenated alkanes) is 1. The molecule has 0 aromatic heterocycles. The van der Waals surface area contributed by atoms with E-state index in [0.29, 0.717) is 12.2 Å². The van der Waals surface area contributed by atoms with E-state index in [1.54, 1.807) is 23.1 Å². The van der Waals surface area contributed by atoms with Gasteiger partial charge in [-0.25, -0.2) is 22.0 Å². The van der Waals surface area contributed by atoms with Crippen LogP contribution in [0.25, 0.3) is 0 Å². The van der Waals surface area contributed by atoms with Crippen LogP contribution in [0.4, 0.5) is 33.3 Å². The van der Waals surface area contributed by atoms with E-state index in [1.807, 2.05) is 13.0 Å². The van der Waals surface area contributed by atoms with Crippen molar-refractivity contribution in [3.05, 3.63) is 65.6 Å². The van der Waals surface area contributed by atoms with Crippen LogP contribution in [0.3, 0.4) is 0 Å². The molecule has 1 aliphatic heterocycles. The van der Waals surface area contributed by atoms with Gasteiger partial charge in [-0.2, -0.15) is 0 Å². The van der Waals surface area contributed by atoms with Crippen LogP contribution in [0.5, 0.6) is 0 Å². The summed E-state index contributed by atoms with van der Waals surface area (Å²) in [5.41, 5.74) is 0.499. The molecule has 0 bridgehead atoms. The molecule has 3 rings (SSSR count). The number of hydrogen-bond acceptors (Lipinski definition) is 2. The normalized spacial score (nSPS) is 13.5. The van der Waals surface area contributed by atoms with Crippen LogP contribution in [-0.4, -0.2) is 6.54 Å². The van der Waals surface area contributed by atoms with Crippen molar-refractivity contribution in [3.8, 4) is 0 Å². The highest BCUT2D eigenvalue weighted by Gasteiger charge is 2.31. The molecular formula is C18H15F5N2. The summed E-state index contributed by atoms with van der Waals surface area (Å²) < 4.78 is 67.9. The van der Waals surface area contributed by atoms with Crippen molar-refractivity contribution in [2.24, 2.45) is 0 Å². The van der Waals surface area contributed by atoms with Crippen molar-refractivity contribution in [2.45, 2.75) is 26.3 Å². The Morgan fingerprint density at radius 1 is 0.800 bits per heavy atom. The van der Waals surface area contributed by atoms with Gasteiger partial charge in [0.1, 0.15) is 0 Å². The van der Waals surface area contributed by atoms with Crippen molar-refractivity contribution in [3.63, 3.8) is 0 Å². The Morgan fingerprint density at radius 2 is 1.32 bits per heavy atom. The lowest BCUT2D eigenvalue weighted by Gasteiger charge is -2.20. The van der Waals surface area contributed by atoms with Gasteiger partial charge >= 0.3 is 0 Å². The Morgan fingerprint density at radius 3 is 1.88 bits per heavy atom. The molecule has 1 aliphatic rings. The van der Waals surface area contributed by atoms with Crippen LogP contribution < -0.4 is 9.80 Å². The predicted molar refractivity (Wildman–Crippen MR) is 84.4 cm³/mol. The third kappa shape index (κ3) is 3.03. The van der Waals surface area contributed by atoms with Crippen LogP contribution >= 0.6 is 0 Å². The molecule has 25 heavy (non-hydrogen) atoms. The average molecular weight is 354 g/mol. The highest BCUT2D eigenvalue weighted by Crippen LogP contribution is 2.39. The van der Waals surface area contributed by atoms with Crippen molar-refractivity contribution >= 4 is 11.4 Å². The smallest absolute Gasteiger partial charge is 0.209 e. The zero-order valence-electron chi connectivity index (χ0n) is 13.4. The second kappa shape index (κ2) is 6.90. The molecule has 1 heterocycles. The topological polar surface area (TPSA) is 6.48 Å². The molecule has 0 unspecified atom stereocenters. The Kier molecular flexibility index (Phi) is 4.83. The molecule has 0 atom stereocenters. The molecule has 0 N–H and O–H groups in total. The number of fused-ring (bicyclic) bond motifs is 1. The Labute approximate surface area is 142 Å². The van der Waals surface area contributed by atoms with E-state index < -0.39 is 41.2 Å². The number of para-hydroxylation sites is 2. The van der Waals surface area contributed by atoms with Crippen LogP contribution in [0, 0.1) is 35.8 Å². The maximum atomic E-state index is 13.9. The van der Waals surface area contributed by atoms with Crippen molar-refractivity contribution < 1.29 is 22.0 Å². The number of hydrogen-bond donors (Lipinski definition) is 0. The molecule has 2 aromatic rings. The molecule has 0 saturated heterocycles. The fourth-order valence-corrected chi connectivity index (χ4v) is 2.73. The second-order valence-corrected chi connectivity index (χ2v) is 5.73. The van der Waals surface area contributed by atoms with Gasteiger partial charge in [-0.1, -0.05) is 25.5 Å². The molecule has 0 aliphatic carbocycles. The summed E-state index contributed by atoms with van der Waals surface area (Å²) in [6.07, 6.45) is 1.82. The maximum absolute atomic E-state index is 13.9. The molecule has 2 radical (unpaired) electrons. The Balaban J connectivity index is 1.95. The van der Waals surface area contributed by atoms with E-state index in [0.717, 1.165) is 18.5 Å². The van der Waals surface area contributed by atoms with Gasteiger partial charge < -0.3 is 9.80 Å². The summed E-state index contributed by atoms with van der Waals surface area (Å²) >= 11 is 0. The summed E-state index contributed by atoms with van der Waals surface area (Å²) in [5.74, 6) is -9.67. The quantitative estimate of drug-likeness (QED) is 0.423. The van der Waals surface area contributed by atoms with E-state index in [4.69, 9.17) is 0 Å². The van der Waals surface area contributed by atoms with Gasteiger partial charge in [0.15, 0.2) is 23.3 Å². The largest absolute Gasteiger partial charge is 0.340 e. The van der Waals surface area contributed by atoms with Gasteiger partial charge in [0.25, 0.3) is 0 Å². The van der Waals surface area contributed by atoms with E-state index in [2.05, 4.69) is 6.67 Å². The third-order valence-electron chi connectivity index (χ3n) is 4.06. The zero-order chi connectivity index (χ0) is 18.1. The van der Waals surface area contributed by atoms with Gasteiger partial charge in [-0.3, -0.25) is 0 Å². The van der Waals surface area contributed by atoms with Crippen LogP contribution in [0.2, 0.25) is 0 Å². The molecule has 2 aromatic carbocycles. The van der Waals surface area contributed by atoms with E-state index >= 15 is 0 Å². The average Bonchev–Trinajstić information content (AvgIpc) is 2.98. The molecule has 0 spiro atoms. The molecule has 2 nitrogen and oxygen atoms in total. The highest BCUT2D eigenvalue weighted by atomic mass is 19.2. The highest BCUT2D eigenvalue weighted by molar-refractivity contribution is 5.78. The van der Waals surface area contributed by atoms with E-state index in [9.17, 15) is 22.0 Å². The first kappa shape index (κ1) is 17.5. The fourth-order valence-electron chi connectivity index (χ4n) is 2.73. The minimum atomic E-state index is -2.15.